The maximum absolute atomic E-state index is 8.83. The van der Waals surface area contributed by atoms with Gasteiger partial charge >= 0.3 is 0 Å². The molecule has 1 fully saturated rings. The molecule has 1 aliphatic heterocycles. The second-order valence-corrected chi connectivity index (χ2v) is 6.33. The molecule has 0 N–H and O–H groups in total. The standard InChI is InChI=1S/C15H17NO2S/c16-7-6-15(4-5-15)11-19-12-2-3-13-14(10-12)18-9-1-8-17-13/h2-3,10H,1,4-6,8-9,11H2. The zero-order valence-electron chi connectivity index (χ0n) is 10.9. The predicted octanol–water partition coefficient (Wildman–Crippen LogP) is 3.63. The Bertz CT molecular complexity index is 505. The van der Waals surface area contributed by atoms with Crippen LogP contribution in [-0.4, -0.2) is 19.0 Å². The van der Waals surface area contributed by atoms with Crippen LogP contribution in [0.4, 0.5) is 0 Å². The summed E-state index contributed by atoms with van der Waals surface area (Å²) in [7, 11) is 0. The number of rotatable bonds is 4. The van der Waals surface area contributed by atoms with Gasteiger partial charge in [0, 0.05) is 23.5 Å². The average molecular weight is 275 g/mol. The van der Waals surface area contributed by atoms with Crippen LogP contribution in [0.5, 0.6) is 11.5 Å². The summed E-state index contributed by atoms with van der Waals surface area (Å²) in [4.78, 5) is 1.20. The van der Waals surface area contributed by atoms with E-state index in [9.17, 15) is 0 Å². The molecule has 0 saturated heterocycles. The molecule has 0 aromatic heterocycles. The van der Waals surface area contributed by atoms with Crippen molar-refractivity contribution in [2.24, 2.45) is 5.41 Å². The van der Waals surface area contributed by atoms with E-state index in [4.69, 9.17) is 14.7 Å². The zero-order valence-corrected chi connectivity index (χ0v) is 11.7. The van der Waals surface area contributed by atoms with Gasteiger partial charge in [0.25, 0.3) is 0 Å². The number of nitrogens with zero attached hydrogens (tertiary/aromatic N) is 1. The van der Waals surface area contributed by atoms with Crippen LogP contribution in [0.25, 0.3) is 0 Å². The minimum Gasteiger partial charge on any atom is -0.490 e. The second kappa shape index (κ2) is 5.34. The highest BCUT2D eigenvalue weighted by atomic mass is 32.2. The van der Waals surface area contributed by atoms with Crippen molar-refractivity contribution < 1.29 is 9.47 Å². The number of fused-ring (bicyclic) bond motifs is 1. The summed E-state index contributed by atoms with van der Waals surface area (Å²) in [6.07, 6.45) is 4.00. The average Bonchev–Trinajstić information content (AvgIpc) is 3.20. The van der Waals surface area contributed by atoms with Gasteiger partial charge in [-0.1, -0.05) is 0 Å². The van der Waals surface area contributed by atoms with Gasteiger partial charge in [0.05, 0.1) is 19.3 Å². The maximum atomic E-state index is 8.83. The Morgan fingerprint density at radius 2 is 2.00 bits per heavy atom. The molecule has 1 saturated carbocycles. The maximum Gasteiger partial charge on any atom is 0.162 e. The minimum atomic E-state index is 0.281. The molecule has 0 atom stereocenters. The van der Waals surface area contributed by atoms with Crippen LogP contribution in [0.2, 0.25) is 0 Å². The van der Waals surface area contributed by atoms with Gasteiger partial charge in [-0.2, -0.15) is 5.26 Å². The van der Waals surface area contributed by atoms with Crippen molar-refractivity contribution in [1.82, 2.24) is 0 Å². The number of hydrogen-bond acceptors (Lipinski definition) is 4. The molecule has 0 spiro atoms. The van der Waals surface area contributed by atoms with Crippen molar-refractivity contribution in [3.05, 3.63) is 18.2 Å². The van der Waals surface area contributed by atoms with Gasteiger partial charge in [0.1, 0.15) is 0 Å². The van der Waals surface area contributed by atoms with Gasteiger partial charge in [0.2, 0.25) is 0 Å². The zero-order chi connectivity index (χ0) is 13.1. The van der Waals surface area contributed by atoms with Gasteiger partial charge in [-0.3, -0.25) is 0 Å². The summed E-state index contributed by atoms with van der Waals surface area (Å²) in [5.74, 6) is 2.73. The fourth-order valence-corrected chi connectivity index (χ4v) is 3.40. The Balaban J connectivity index is 1.66. The summed E-state index contributed by atoms with van der Waals surface area (Å²) in [5, 5.41) is 8.83. The van der Waals surface area contributed by atoms with E-state index >= 15 is 0 Å². The van der Waals surface area contributed by atoms with Gasteiger partial charge in [-0.25, -0.2) is 0 Å². The third kappa shape index (κ3) is 2.98. The number of ether oxygens (including phenoxy) is 2. The van der Waals surface area contributed by atoms with E-state index in [1.54, 1.807) is 0 Å². The molecule has 1 heterocycles. The highest BCUT2D eigenvalue weighted by Gasteiger charge is 2.42. The van der Waals surface area contributed by atoms with Crippen molar-refractivity contribution in [2.45, 2.75) is 30.6 Å². The highest BCUT2D eigenvalue weighted by molar-refractivity contribution is 7.99. The first kappa shape index (κ1) is 12.7. The topological polar surface area (TPSA) is 42.2 Å². The van der Waals surface area contributed by atoms with E-state index in [2.05, 4.69) is 18.2 Å². The lowest BCUT2D eigenvalue weighted by Crippen LogP contribution is -2.02. The molecule has 0 amide bonds. The smallest absolute Gasteiger partial charge is 0.162 e. The molecular formula is C15H17NO2S. The molecule has 0 radical (unpaired) electrons. The Labute approximate surface area is 117 Å². The Morgan fingerprint density at radius 1 is 1.21 bits per heavy atom. The molecule has 1 aromatic carbocycles. The van der Waals surface area contributed by atoms with Crippen LogP contribution in [0, 0.1) is 16.7 Å². The van der Waals surface area contributed by atoms with Crippen LogP contribution in [0.15, 0.2) is 23.1 Å². The third-order valence-corrected chi connectivity index (χ3v) is 5.02. The molecule has 19 heavy (non-hydrogen) atoms. The second-order valence-electron chi connectivity index (χ2n) is 5.28. The molecule has 1 aromatic rings. The molecule has 4 heteroatoms. The Morgan fingerprint density at radius 3 is 2.74 bits per heavy atom. The van der Waals surface area contributed by atoms with Crippen LogP contribution >= 0.6 is 11.8 Å². The van der Waals surface area contributed by atoms with Crippen LogP contribution < -0.4 is 9.47 Å². The fourth-order valence-electron chi connectivity index (χ4n) is 2.19. The summed E-state index contributed by atoms with van der Waals surface area (Å²) in [5.41, 5.74) is 0.281. The first-order chi connectivity index (χ1) is 9.31. The fraction of sp³-hybridized carbons (Fsp3) is 0.533. The van der Waals surface area contributed by atoms with E-state index in [0.717, 1.165) is 36.9 Å². The lowest BCUT2D eigenvalue weighted by atomic mass is 10.1. The van der Waals surface area contributed by atoms with Crippen molar-refractivity contribution in [1.29, 1.82) is 5.26 Å². The van der Waals surface area contributed by atoms with Crippen LogP contribution in [0.1, 0.15) is 25.7 Å². The van der Waals surface area contributed by atoms with E-state index < -0.39 is 0 Å². The molecule has 3 nitrogen and oxygen atoms in total. The molecule has 2 aliphatic rings. The lowest BCUT2D eigenvalue weighted by molar-refractivity contribution is 0.297. The molecule has 0 unspecified atom stereocenters. The first-order valence-corrected chi connectivity index (χ1v) is 7.69. The third-order valence-electron chi connectivity index (χ3n) is 3.68. The summed E-state index contributed by atoms with van der Waals surface area (Å²) >= 11 is 1.82. The van der Waals surface area contributed by atoms with Crippen molar-refractivity contribution in [2.75, 3.05) is 19.0 Å². The summed E-state index contributed by atoms with van der Waals surface area (Å²) in [6.45, 7) is 1.45. The highest BCUT2D eigenvalue weighted by Crippen LogP contribution is 2.52. The predicted molar refractivity (Wildman–Crippen MR) is 74.7 cm³/mol. The number of nitriles is 1. The minimum absolute atomic E-state index is 0.281. The molecule has 1 aliphatic carbocycles. The van der Waals surface area contributed by atoms with Gasteiger partial charge < -0.3 is 9.47 Å². The van der Waals surface area contributed by atoms with E-state index in [-0.39, 0.29) is 5.41 Å². The van der Waals surface area contributed by atoms with E-state index in [1.165, 1.54) is 17.7 Å². The summed E-state index contributed by atoms with van der Waals surface area (Å²) in [6, 6.07) is 8.45. The van der Waals surface area contributed by atoms with Crippen molar-refractivity contribution in [3.8, 4) is 17.6 Å². The van der Waals surface area contributed by atoms with E-state index in [0.29, 0.717) is 6.42 Å². The van der Waals surface area contributed by atoms with Gasteiger partial charge in [0.15, 0.2) is 11.5 Å². The van der Waals surface area contributed by atoms with E-state index in [1.807, 2.05) is 17.8 Å². The molecule has 3 rings (SSSR count). The first-order valence-electron chi connectivity index (χ1n) is 6.71. The largest absolute Gasteiger partial charge is 0.490 e. The number of thioether (sulfide) groups is 1. The molecule has 100 valence electrons. The number of benzene rings is 1. The quantitative estimate of drug-likeness (QED) is 0.787. The number of hydrogen-bond donors (Lipinski definition) is 0. The van der Waals surface area contributed by atoms with Crippen molar-refractivity contribution in [3.63, 3.8) is 0 Å². The normalized spacial score (nSPS) is 19.3. The van der Waals surface area contributed by atoms with Gasteiger partial charge in [-0.15, -0.1) is 11.8 Å². The molecule has 0 bridgehead atoms. The monoisotopic (exact) mass is 275 g/mol. The SMILES string of the molecule is N#CCC1(CSc2ccc3c(c2)OCCCO3)CC1. The van der Waals surface area contributed by atoms with Gasteiger partial charge in [-0.05, 0) is 36.5 Å². The Kier molecular flexibility index (Phi) is 3.56. The van der Waals surface area contributed by atoms with Crippen LogP contribution in [0.3, 0.4) is 0 Å². The Hall–Kier alpha value is -1.34. The van der Waals surface area contributed by atoms with Crippen LogP contribution in [-0.2, 0) is 0 Å². The lowest BCUT2D eigenvalue weighted by Gasteiger charge is -2.12. The summed E-state index contributed by atoms with van der Waals surface area (Å²) < 4.78 is 11.3. The van der Waals surface area contributed by atoms with Crippen molar-refractivity contribution >= 4 is 11.8 Å². The molecular weight excluding hydrogens is 258 g/mol.